The number of nitrogens with one attached hydrogen (secondary N) is 3. The maximum absolute atomic E-state index is 12.1. The molecule has 2 aromatic carbocycles. The molecular formula is C21H17N3O5. The van der Waals surface area contributed by atoms with E-state index in [2.05, 4.69) is 15.8 Å². The van der Waals surface area contributed by atoms with E-state index in [1.807, 2.05) is 24.3 Å². The van der Waals surface area contributed by atoms with Crippen molar-refractivity contribution in [2.75, 3.05) is 6.61 Å². The van der Waals surface area contributed by atoms with Crippen molar-refractivity contribution in [2.24, 2.45) is 0 Å². The highest BCUT2D eigenvalue weighted by molar-refractivity contribution is 5.90. The Morgan fingerprint density at radius 1 is 1.00 bits per heavy atom. The third-order valence-corrected chi connectivity index (χ3v) is 4.33. The van der Waals surface area contributed by atoms with Crippen LogP contribution in [0.5, 0.6) is 5.75 Å². The van der Waals surface area contributed by atoms with Crippen LogP contribution in [0.1, 0.15) is 5.56 Å². The second-order valence-corrected chi connectivity index (χ2v) is 6.38. The van der Waals surface area contributed by atoms with Gasteiger partial charge in [0.15, 0.2) is 6.61 Å². The standard InChI is InChI=1S/C21H17N3O5/c25-19(9-14-11-22-17-4-2-1-3-16(14)17)23-24-20(26)12-28-15-7-5-13-6-8-21(27)29-18(13)10-15/h1-8,10-11,22H,9,12H2,(H,23,25)(H,24,26). The fourth-order valence-electron chi connectivity index (χ4n) is 2.95. The smallest absolute Gasteiger partial charge is 0.336 e. The Balaban J connectivity index is 1.28. The Kier molecular flexibility index (Phi) is 4.98. The number of aromatic nitrogens is 1. The molecule has 2 amide bonds. The van der Waals surface area contributed by atoms with E-state index in [0.29, 0.717) is 11.3 Å². The number of rotatable bonds is 5. The Labute approximate surface area is 164 Å². The molecule has 0 saturated heterocycles. The van der Waals surface area contributed by atoms with Gasteiger partial charge in [-0.25, -0.2) is 4.79 Å². The highest BCUT2D eigenvalue weighted by Crippen LogP contribution is 2.19. The lowest BCUT2D eigenvalue weighted by Crippen LogP contribution is -2.44. The quantitative estimate of drug-likeness (QED) is 0.356. The Bertz CT molecular complexity index is 1260. The summed E-state index contributed by atoms with van der Waals surface area (Å²) >= 11 is 0. The molecule has 0 saturated carbocycles. The molecule has 29 heavy (non-hydrogen) atoms. The minimum Gasteiger partial charge on any atom is -0.484 e. The number of carbonyl (C=O) groups excluding carboxylic acids is 2. The molecule has 2 heterocycles. The first kappa shape index (κ1) is 18.3. The van der Waals surface area contributed by atoms with E-state index in [1.54, 1.807) is 24.4 Å². The summed E-state index contributed by atoms with van der Waals surface area (Å²) in [6, 6.07) is 15.5. The van der Waals surface area contributed by atoms with Gasteiger partial charge in [0, 0.05) is 34.6 Å². The van der Waals surface area contributed by atoms with Crippen LogP contribution in [-0.2, 0) is 16.0 Å². The summed E-state index contributed by atoms with van der Waals surface area (Å²) < 4.78 is 10.5. The third kappa shape index (κ3) is 4.27. The average molecular weight is 391 g/mol. The molecular weight excluding hydrogens is 374 g/mol. The molecule has 0 radical (unpaired) electrons. The second-order valence-electron chi connectivity index (χ2n) is 6.38. The number of amides is 2. The highest BCUT2D eigenvalue weighted by Gasteiger charge is 2.10. The van der Waals surface area contributed by atoms with Crippen LogP contribution in [-0.4, -0.2) is 23.4 Å². The molecule has 0 spiro atoms. The minimum atomic E-state index is -0.521. The zero-order valence-corrected chi connectivity index (χ0v) is 15.2. The maximum atomic E-state index is 12.1. The van der Waals surface area contributed by atoms with Gasteiger partial charge in [-0.15, -0.1) is 0 Å². The van der Waals surface area contributed by atoms with Gasteiger partial charge in [0.1, 0.15) is 11.3 Å². The first-order valence-electron chi connectivity index (χ1n) is 8.88. The van der Waals surface area contributed by atoms with Crippen molar-refractivity contribution in [3.8, 4) is 5.75 Å². The number of ether oxygens (including phenoxy) is 1. The molecule has 4 aromatic rings. The molecule has 0 atom stereocenters. The van der Waals surface area contributed by atoms with Crippen LogP contribution < -0.4 is 21.2 Å². The van der Waals surface area contributed by atoms with Crippen LogP contribution in [0.2, 0.25) is 0 Å². The number of hydrazine groups is 1. The van der Waals surface area contributed by atoms with Crippen molar-refractivity contribution in [1.29, 1.82) is 0 Å². The summed E-state index contributed by atoms with van der Waals surface area (Å²) in [5, 5.41) is 1.70. The molecule has 146 valence electrons. The Morgan fingerprint density at radius 2 is 1.79 bits per heavy atom. The number of hydrogen-bond acceptors (Lipinski definition) is 5. The Hall–Kier alpha value is -4.07. The van der Waals surface area contributed by atoms with E-state index >= 15 is 0 Å². The lowest BCUT2D eigenvalue weighted by atomic mass is 10.1. The van der Waals surface area contributed by atoms with E-state index < -0.39 is 11.5 Å². The van der Waals surface area contributed by atoms with Crippen LogP contribution in [0.25, 0.3) is 21.9 Å². The normalized spacial score (nSPS) is 10.8. The van der Waals surface area contributed by atoms with Gasteiger partial charge in [0.05, 0.1) is 6.42 Å². The molecule has 0 aliphatic carbocycles. The first-order chi connectivity index (χ1) is 14.1. The van der Waals surface area contributed by atoms with Gasteiger partial charge in [-0.3, -0.25) is 20.4 Å². The molecule has 3 N–H and O–H groups in total. The monoisotopic (exact) mass is 391 g/mol. The fraction of sp³-hybridized carbons (Fsp3) is 0.0952. The molecule has 0 aliphatic rings. The number of para-hydroxylation sites is 1. The summed E-state index contributed by atoms with van der Waals surface area (Å²) in [4.78, 5) is 38.4. The number of H-pyrrole nitrogens is 1. The molecule has 0 bridgehead atoms. The lowest BCUT2D eigenvalue weighted by Gasteiger charge is -2.09. The SMILES string of the molecule is O=C(COc1ccc2ccc(=O)oc2c1)NNC(=O)Cc1c[nH]c2ccccc12. The van der Waals surface area contributed by atoms with Gasteiger partial charge >= 0.3 is 5.63 Å². The molecule has 0 aliphatic heterocycles. The van der Waals surface area contributed by atoms with Gasteiger partial charge in [-0.1, -0.05) is 18.2 Å². The summed E-state index contributed by atoms with van der Waals surface area (Å²) in [6.07, 6.45) is 1.89. The molecule has 8 heteroatoms. The second kappa shape index (κ2) is 7.89. The summed E-state index contributed by atoms with van der Waals surface area (Å²) in [6.45, 7) is -0.310. The highest BCUT2D eigenvalue weighted by atomic mass is 16.5. The number of fused-ring (bicyclic) bond motifs is 2. The van der Waals surface area contributed by atoms with Crippen molar-refractivity contribution in [2.45, 2.75) is 6.42 Å². The van der Waals surface area contributed by atoms with Crippen molar-refractivity contribution in [3.63, 3.8) is 0 Å². The number of benzene rings is 2. The van der Waals surface area contributed by atoms with Crippen LogP contribution in [0.3, 0.4) is 0 Å². The van der Waals surface area contributed by atoms with Crippen molar-refractivity contribution >= 4 is 33.7 Å². The van der Waals surface area contributed by atoms with Gasteiger partial charge in [-0.2, -0.15) is 0 Å². The number of hydrogen-bond donors (Lipinski definition) is 3. The summed E-state index contributed by atoms with van der Waals surface area (Å²) in [5.74, 6) is -0.505. The largest absolute Gasteiger partial charge is 0.484 e. The topological polar surface area (TPSA) is 113 Å². The summed E-state index contributed by atoms with van der Waals surface area (Å²) in [7, 11) is 0. The zero-order valence-electron chi connectivity index (χ0n) is 15.2. The van der Waals surface area contributed by atoms with Crippen molar-refractivity contribution in [3.05, 3.63) is 76.8 Å². The van der Waals surface area contributed by atoms with E-state index in [0.717, 1.165) is 21.9 Å². The number of aromatic amines is 1. The van der Waals surface area contributed by atoms with Crippen molar-refractivity contribution < 1.29 is 18.7 Å². The van der Waals surface area contributed by atoms with Gasteiger partial charge in [0.2, 0.25) is 5.91 Å². The van der Waals surface area contributed by atoms with Gasteiger partial charge < -0.3 is 14.1 Å². The molecule has 4 rings (SSSR count). The Morgan fingerprint density at radius 3 is 2.69 bits per heavy atom. The third-order valence-electron chi connectivity index (χ3n) is 4.33. The van der Waals surface area contributed by atoms with E-state index in [4.69, 9.17) is 9.15 Å². The fourth-order valence-corrected chi connectivity index (χ4v) is 2.95. The predicted molar refractivity (Wildman–Crippen MR) is 106 cm³/mol. The minimum absolute atomic E-state index is 0.120. The van der Waals surface area contributed by atoms with E-state index in [-0.39, 0.29) is 18.9 Å². The zero-order chi connectivity index (χ0) is 20.2. The maximum Gasteiger partial charge on any atom is 0.336 e. The predicted octanol–water partition coefficient (Wildman–Crippen LogP) is 2.04. The average Bonchev–Trinajstić information content (AvgIpc) is 3.13. The van der Waals surface area contributed by atoms with Crippen LogP contribution >= 0.6 is 0 Å². The van der Waals surface area contributed by atoms with Crippen LogP contribution in [0.4, 0.5) is 0 Å². The van der Waals surface area contributed by atoms with Crippen molar-refractivity contribution in [1.82, 2.24) is 15.8 Å². The molecule has 0 unspecified atom stereocenters. The number of carbonyl (C=O) groups is 2. The molecule has 2 aromatic heterocycles. The van der Waals surface area contributed by atoms with Crippen LogP contribution in [0.15, 0.2) is 70.0 Å². The van der Waals surface area contributed by atoms with E-state index in [9.17, 15) is 14.4 Å². The van der Waals surface area contributed by atoms with E-state index in [1.165, 1.54) is 12.1 Å². The summed E-state index contributed by atoms with van der Waals surface area (Å²) in [5.41, 5.74) is 6.35. The molecule has 0 fully saturated rings. The van der Waals surface area contributed by atoms with Gasteiger partial charge in [0.25, 0.3) is 5.91 Å². The van der Waals surface area contributed by atoms with Crippen LogP contribution in [0, 0.1) is 0 Å². The van der Waals surface area contributed by atoms with Gasteiger partial charge in [-0.05, 0) is 29.8 Å². The molecule has 8 nitrogen and oxygen atoms in total. The first-order valence-corrected chi connectivity index (χ1v) is 8.88. The lowest BCUT2D eigenvalue weighted by molar-refractivity contribution is -0.129.